The molecule has 1 saturated heterocycles. The zero-order valence-corrected chi connectivity index (χ0v) is 11.5. The summed E-state index contributed by atoms with van der Waals surface area (Å²) in [4.78, 5) is 33.5. The predicted octanol–water partition coefficient (Wildman–Crippen LogP) is -1.23. The molecule has 0 aliphatic carbocycles. The minimum atomic E-state index is -0.971. The van der Waals surface area contributed by atoms with E-state index >= 15 is 0 Å². The number of aldehydes is 1. The third kappa shape index (κ3) is 4.27. The Bertz CT molecular complexity index is 353. The van der Waals surface area contributed by atoms with E-state index in [9.17, 15) is 14.4 Å². The number of thioether (sulfide) groups is 1. The van der Waals surface area contributed by atoms with Gasteiger partial charge < -0.3 is 15.6 Å². The van der Waals surface area contributed by atoms with Gasteiger partial charge in [-0.25, -0.2) is 0 Å². The molecule has 7 nitrogen and oxygen atoms in total. The molecular weight excluding hydrogens is 270 g/mol. The smallest absolute Gasteiger partial charge is 0.321 e. The molecule has 1 heterocycles. The summed E-state index contributed by atoms with van der Waals surface area (Å²) in [6, 6.07) is -1.16. The molecule has 8 heteroatoms. The second-order valence-electron chi connectivity index (χ2n) is 4.40. The molecule has 0 bridgehead atoms. The summed E-state index contributed by atoms with van der Waals surface area (Å²) in [7, 11) is 0. The zero-order valence-electron chi connectivity index (χ0n) is 10.7. The molecular formula is C11H19N3O4S. The van der Waals surface area contributed by atoms with E-state index < -0.39 is 24.0 Å². The average molecular weight is 289 g/mol. The highest BCUT2D eigenvalue weighted by Crippen LogP contribution is 2.29. The van der Waals surface area contributed by atoms with Crippen molar-refractivity contribution in [1.29, 1.82) is 0 Å². The molecule has 0 saturated carbocycles. The molecule has 1 aliphatic rings. The van der Waals surface area contributed by atoms with Gasteiger partial charge in [0.15, 0.2) is 0 Å². The van der Waals surface area contributed by atoms with E-state index in [2.05, 4.69) is 10.6 Å². The molecule has 0 amide bonds. The van der Waals surface area contributed by atoms with Crippen LogP contribution in [0.25, 0.3) is 0 Å². The van der Waals surface area contributed by atoms with E-state index in [0.717, 1.165) is 0 Å². The molecule has 4 atom stereocenters. The first-order valence-electron chi connectivity index (χ1n) is 5.98. The number of aliphatic carboxylic acids is 1. The number of hydrogen-bond acceptors (Lipinski definition) is 7. The Morgan fingerprint density at radius 2 is 2.32 bits per heavy atom. The molecule has 108 valence electrons. The first-order valence-corrected chi connectivity index (χ1v) is 7.03. The number of carboxylic acids is 1. The number of rotatable bonds is 8. The van der Waals surface area contributed by atoms with E-state index in [4.69, 9.17) is 10.8 Å². The number of carbonyl (C=O) groups excluding carboxylic acids is 2. The predicted molar refractivity (Wildman–Crippen MR) is 71.6 cm³/mol. The monoisotopic (exact) mass is 289 g/mol. The highest BCUT2D eigenvalue weighted by molar-refractivity contribution is 7.99. The fraction of sp³-hybridized carbons (Fsp3) is 0.727. The number of carboxylic acid groups (broad SMARTS) is 1. The minimum Gasteiger partial charge on any atom is -0.480 e. The molecule has 19 heavy (non-hydrogen) atoms. The van der Waals surface area contributed by atoms with Crippen LogP contribution in [-0.4, -0.2) is 53.0 Å². The first kappa shape index (κ1) is 16.1. The van der Waals surface area contributed by atoms with Crippen molar-refractivity contribution in [3.05, 3.63) is 0 Å². The molecule has 0 spiro atoms. The van der Waals surface area contributed by atoms with E-state index in [1.54, 1.807) is 0 Å². The SMILES string of the molecule is CC(=O)[C@H](C=O)[C@@H]1C[C@H](SCNCN)[C@@H](C(=O)O)N1. The Kier molecular flexibility index (Phi) is 6.43. The van der Waals surface area contributed by atoms with Crippen LogP contribution in [0.2, 0.25) is 0 Å². The lowest BCUT2D eigenvalue weighted by Crippen LogP contribution is -2.43. The summed E-state index contributed by atoms with van der Waals surface area (Å²) in [6.07, 6.45) is 1.06. The molecule has 0 aromatic rings. The summed E-state index contributed by atoms with van der Waals surface area (Å²) in [5.74, 6) is -1.47. The Morgan fingerprint density at radius 3 is 2.79 bits per heavy atom. The number of nitrogens with one attached hydrogen (secondary N) is 2. The standard InChI is InChI=1S/C11H19N3O4S/c1-6(16)7(3-15)8-2-9(19-5-13-4-12)10(14-8)11(17)18/h3,7-10,13-14H,2,4-5,12H2,1H3,(H,17,18)/t7-,8-,9-,10-/m0/s1. The van der Waals surface area contributed by atoms with E-state index in [-0.39, 0.29) is 11.0 Å². The maximum Gasteiger partial charge on any atom is 0.321 e. The van der Waals surface area contributed by atoms with Crippen molar-refractivity contribution < 1.29 is 19.5 Å². The quantitative estimate of drug-likeness (QED) is 0.190. The van der Waals surface area contributed by atoms with Gasteiger partial charge in [0.2, 0.25) is 0 Å². The van der Waals surface area contributed by atoms with E-state index in [0.29, 0.717) is 25.3 Å². The van der Waals surface area contributed by atoms with Gasteiger partial charge >= 0.3 is 5.97 Å². The summed E-state index contributed by atoms with van der Waals surface area (Å²) < 4.78 is 0. The van der Waals surface area contributed by atoms with Crippen molar-refractivity contribution in [2.45, 2.75) is 30.7 Å². The normalized spacial score (nSPS) is 28.0. The number of ketones is 1. The van der Waals surface area contributed by atoms with Gasteiger partial charge in [-0.3, -0.25) is 20.2 Å². The van der Waals surface area contributed by atoms with E-state index in [1.165, 1.54) is 18.7 Å². The van der Waals surface area contributed by atoms with Crippen molar-refractivity contribution in [3.63, 3.8) is 0 Å². The fourth-order valence-electron chi connectivity index (χ4n) is 2.14. The van der Waals surface area contributed by atoms with Gasteiger partial charge in [0.1, 0.15) is 18.1 Å². The van der Waals surface area contributed by atoms with Gasteiger partial charge in [0.25, 0.3) is 0 Å². The van der Waals surface area contributed by atoms with Crippen LogP contribution >= 0.6 is 11.8 Å². The van der Waals surface area contributed by atoms with Crippen LogP contribution in [-0.2, 0) is 14.4 Å². The number of nitrogens with two attached hydrogens (primary N) is 1. The molecule has 5 N–H and O–H groups in total. The Balaban J connectivity index is 2.68. The lowest BCUT2D eigenvalue weighted by molar-refractivity contribution is -0.139. The van der Waals surface area contributed by atoms with Crippen LogP contribution in [0.1, 0.15) is 13.3 Å². The lowest BCUT2D eigenvalue weighted by atomic mass is 9.96. The minimum absolute atomic E-state index is 0.191. The summed E-state index contributed by atoms with van der Waals surface area (Å²) in [6.45, 7) is 1.66. The summed E-state index contributed by atoms with van der Waals surface area (Å²) >= 11 is 1.43. The van der Waals surface area contributed by atoms with Gasteiger partial charge in [-0.15, -0.1) is 11.8 Å². The van der Waals surface area contributed by atoms with Crippen molar-refractivity contribution >= 4 is 29.8 Å². The van der Waals surface area contributed by atoms with Gasteiger partial charge in [-0.2, -0.15) is 0 Å². The van der Waals surface area contributed by atoms with Crippen LogP contribution in [0.4, 0.5) is 0 Å². The summed E-state index contributed by atoms with van der Waals surface area (Å²) in [5.41, 5.74) is 5.30. The van der Waals surface area contributed by atoms with E-state index in [1.807, 2.05) is 0 Å². The Labute approximate surface area is 115 Å². The molecule has 0 unspecified atom stereocenters. The molecule has 0 aromatic carbocycles. The topological polar surface area (TPSA) is 122 Å². The molecule has 1 aliphatic heterocycles. The van der Waals surface area contributed by atoms with Crippen molar-refractivity contribution in [3.8, 4) is 0 Å². The highest BCUT2D eigenvalue weighted by atomic mass is 32.2. The van der Waals surface area contributed by atoms with Crippen LogP contribution in [0.3, 0.4) is 0 Å². The Hall–Kier alpha value is -0.960. The highest BCUT2D eigenvalue weighted by Gasteiger charge is 2.42. The number of hydrogen-bond donors (Lipinski definition) is 4. The number of Topliss-reactive ketones (excluding diaryl/α,β-unsaturated/α-hetero) is 1. The van der Waals surface area contributed by atoms with Gasteiger partial charge in [-0.1, -0.05) is 0 Å². The van der Waals surface area contributed by atoms with Crippen LogP contribution < -0.4 is 16.4 Å². The third-order valence-electron chi connectivity index (χ3n) is 3.11. The largest absolute Gasteiger partial charge is 0.480 e. The molecule has 1 fully saturated rings. The van der Waals surface area contributed by atoms with Crippen molar-refractivity contribution in [2.24, 2.45) is 11.7 Å². The second kappa shape index (κ2) is 7.59. The van der Waals surface area contributed by atoms with Gasteiger partial charge in [-0.05, 0) is 13.3 Å². The Morgan fingerprint density at radius 1 is 1.63 bits per heavy atom. The maximum atomic E-state index is 11.4. The molecule has 0 aromatic heterocycles. The second-order valence-corrected chi connectivity index (χ2v) is 5.63. The fourth-order valence-corrected chi connectivity index (χ4v) is 3.32. The van der Waals surface area contributed by atoms with Gasteiger partial charge in [0, 0.05) is 23.8 Å². The average Bonchev–Trinajstić information content (AvgIpc) is 2.74. The first-order chi connectivity index (χ1) is 9.01. The van der Waals surface area contributed by atoms with Crippen LogP contribution in [0, 0.1) is 5.92 Å². The third-order valence-corrected chi connectivity index (χ3v) is 4.37. The van der Waals surface area contributed by atoms with Crippen molar-refractivity contribution in [1.82, 2.24) is 10.6 Å². The van der Waals surface area contributed by atoms with Gasteiger partial charge in [0.05, 0.1) is 5.92 Å². The van der Waals surface area contributed by atoms with Crippen LogP contribution in [0.15, 0.2) is 0 Å². The van der Waals surface area contributed by atoms with Crippen molar-refractivity contribution in [2.75, 3.05) is 12.5 Å². The number of carbonyl (C=O) groups is 3. The maximum absolute atomic E-state index is 11.4. The lowest BCUT2D eigenvalue weighted by Gasteiger charge is -2.15. The zero-order chi connectivity index (χ0) is 14.4. The molecule has 1 rings (SSSR count). The molecule has 0 radical (unpaired) electrons. The summed E-state index contributed by atoms with van der Waals surface area (Å²) in [5, 5.41) is 14.7. The van der Waals surface area contributed by atoms with Crippen LogP contribution in [0.5, 0.6) is 0 Å².